The van der Waals surface area contributed by atoms with Gasteiger partial charge in [-0.2, -0.15) is 5.10 Å². The summed E-state index contributed by atoms with van der Waals surface area (Å²) in [5.41, 5.74) is 0.779. The van der Waals surface area contributed by atoms with Gasteiger partial charge < -0.3 is 18.8 Å². The summed E-state index contributed by atoms with van der Waals surface area (Å²) in [5, 5.41) is 4.07. The lowest BCUT2D eigenvalue weighted by atomic mass is 10.1. The molecule has 12 nitrogen and oxygen atoms in total. The van der Waals surface area contributed by atoms with E-state index in [-0.39, 0.29) is 29.0 Å². The first-order chi connectivity index (χ1) is 15.0. The highest BCUT2D eigenvalue weighted by atomic mass is 32.2. The molecule has 0 atom stereocenters. The van der Waals surface area contributed by atoms with Gasteiger partial charge in [-0.1, -0.05) is 0 Å². The number of carbonyl (C=O) groups is 3. The minimum absolute atomic E-state index is 0.0679. The summed E-state index contributed by atoms with van der Waals surface area (Å²) in [5.74, 6) is -1.93. The number of sulfonamides is 1. The van der Waals surface area contributed by atoms with Gasteiger partial charge in [-0.25, -0.2) is 13.2 Å². The maximum atomic E-state index is 13.1. The molecule has 0 aliphatic heterocycles. The molecule has 0 unspecified atom stereocenters. The van der Waals surface area contributed by atoms with E-state index in [9.17, 15) is 22.8 Å². The molecule has 2 heterocycles. The maximum Gasteiger partial charge on any atom is 0.341 e. The van der Waals surface area contributed by atoms with Crippen LogP contribution < -0.4 is 4.72 Å². The normalized spacial score (nSPS) is 11.3. The van der Waals surface area contributed by atoms with Crippen molar-refractivity contribution in [1.29, 1.82) is 0 Å². The number of ether oxygens (including phenoxy) is 3. The molecule has 0 fully saturated rings. The highest BCUT2D eigenvalue weighted by molar-refractivity contribution is 7.92. The Labute approximate surface area is 185 Å². The van der Waals surface area contributed by atoms with Gasteiger partial charge in [-0.05, 0) is 13.8 Å². The number of esters is 3. The Morgan fingerprint density at radius 3 is 2.09 bits per heavy atom. The number of carbonyl (C=O) groups excluding carboxylic acids is 3. The number of rotatable bonds is 9. The zero-order chi connectivity index (χ0) is 24.2. The minimum atomic E-state index is -4.21. The zero-order valence-corrected chi connectivity index (χ0v) is 19.5. The summed E-state index contributed by atoms with van der Waals surface area (Å²) in [6.45, 7) is 3.18. The van der Waals surface area contributed by atoms with E-state index in [0.717, 1.165) is 0 Å². The molecule has 0 spiro atoms. The lowest BCUT2D eigenvalue weighted by Gasteiger charge is -2.15. The highest BCUT2D eigenvalue weighted by Gasteiger charge is 2.32. The molecule has 0 aliphatic carbocycles. The van der Waals surface area contributed by atoms with Gasteiger partial charge in [0.1, 0.15) is 10.5 Å². The molecule has 32 heavy (non-hydrogen) atoms. The standard InChI is InChI=1S/C19H26N4O8S/c1-11-17(19(26)31-6)18(12(2)22(11)3)32(27,28)21-13-9-20-23(10-13)14(7-15(24)29-4)8-16(25)30-5/h9-10,14,21H,7-8H2,1-6H3. The fourth-order valence-electron chi connectivity index (χ4n) is 3.20. The van der Waals surface area contributed by atoms with Crippen LogP contribution in [0.2, 0.25) is 0 Å². The highest BCUT2D eigenvalue weighted by Crippen LogP contribution is 2.29. The Bertz CT molecular complexity index is 1110. The van der Waals surface area contributed by atoms with E-state index in [1.807, 2.05) is 0 Å². The number of hydrogen-bond donors (Lipinski definition) is 1. The Hall–Kier alpha value is -3.35. The molecular weight excluding hydrogens is 444 g/mol. The first-order valence-electron chi connectivity index (χ1n) is 9.41. The molecular formula is C19H26N4O8S. The second-order valence-corrected chi connectivity index (χ2v) is 8.57. The molecule has 2 aromatic rings. The van der Waals surface area contributed by atoms with Crippen LogP contribution in [0.4, 0.5) is 5.69 Å². The van der Waals surface area contributed by atoms with Crippen LogP contribution in [0.25, 0.3) is 0 Å². The molecule has 0 aliphatic rings. The quantitative estimate of drug-likeness (QED) is 0.420. The van der Waals surface area contributed by atoms with Gasteiger partial charge in [0.15, 0.2) is 0 Å². The number of aromatic nitrogens is 3. The Morgan fingerprint density at radius 1 is 1.03 bits per heavy atom. The first kappa shape index (κ1) is 24.9. The fraction of sp³-hybridized carbons (Fsp3) is 0.474. The van der Waals surface area contributed by atoms with Crippen LogP contribution in [0.3, 0.4) is 0 Å². The average Bonchev–Trinajstić information content (AvgIpc) is 3.30. The van der Waals surface area contributed by atoms with Gasteiger partial charge in [-0.15, -0.1) is 0 Å². The van der Waals surface area contributed by atoms with Crippen molar-refractivity contribution in [3.05, 3.63) is 29.3 Å². The topological polar surface area (TPSA) is 148 Å². The van der Waals surface area contributed by atoms with E-state index >= 15 is 0 Å². The Kier molecular flexibility index (Phi) is 7.67. The van der Waals surface area contributed by atoms with Crippen molar-refractivity contribution < 1.29 is 37.0 Å². The van der Waals surface area contributed by atoms with Gasteiger partial charge in [0.05, 0.1) is 52.1 Å². The molecule has 1 N–H and O–H groups in total. The van der Waals surface area contributed by atoms with Gasteiger partial charge in [0.25, 0.3) is 10.0 Å². The minimum Gasteiger partial charge on any atom is -0.469 e. The Morgan fingerprint density at radius 2 is 1.59 bits per heavy atom. The molecule has 0 saturated heterocycles. The molecule has 0 bridgehead atoms. The van der Waals surface area contributed by atoms with Crippen LogP contribution in [-0.2, 0) is 40.9 Å². The molecule has 0 aromatic carbocycles. The van der Waals surface area contributed by atoms with Crippen LogP contribution >= 0.6 is 0 Å². The second kappa shape index (κ2) is 9.85. The summed E-state index contributed by atoms with van der Waals surface area (Å²) >= 11 is 0. The van der Waals surface area contributed by atoms with Gasteiger partial charge in [0, 0.05) is 24.6 Å². The third-order valence-electron chi connectivity index (χ3n) is 5.07. The molecule has 0 saturated carbocycles. The molecule has 176 valence electrons. The van der Waals surface area contributed by atoms with Crippen molar-refractivity contribution in [3.8, 4) is 0 Å². The fourth-order valence-corrected chi connectivity index (χ4v) is 4.74. The van der Waals surface area contributed by atoms with E-state index in [2.05, 4.69) is 19.3 Å². The number of anilines is 1. The van der Waals surface area contributed by atoms with Crippen LogP contribution in [0.15, 0.2) is 17.3 Å². The molecule has 2 rings (SSSR count). The summed E-state index contributed by atoms with van der Waals surface area (Å²) in [4.78, 5) is 35.5. The number of nitrogens with one attached hydrogen (secondary N) is 1. The monoisotopic (exact) mass is 470 g/mol. The van der Waals surface area contributed by atoms with Crippen LogP contribution in [0.1, 0.15) is 40.6 Å². The first-order valence-corrected chi connectivity index (χ1v) is 10.9. The molecule has 13 heteroatoms. The zero-order valence-electron chi connectivity index (χ0n) is 18.7. The second-order valence-electron chi connectivity index (χ2n) is 6.95. The third kappa shape index (κ3) is 5.10. The van der Waals surface area contributed by atoms with Crippen molar-refractivity contribution in [2.24, 2.45) is 7.05 Å². The Balaban J connectivity index is 2.40. The summed E-state index contributed by atoms with van der Waals surface area (Å²) in [6, 6.07) is -0.750. The van der Waals surface area contributed by atoms with E-state index in [4.69, 9.17) is 4.74 Å². The van der Waals surface area contributed by atoms with Gasteiger partial charge in [0.2, 0.25) is 0 Å². The van der Waals surface area contributed by atoms with E-state index in [1.54, 1.807) is 25.5 Å². The number of nitrogens with zero attached hydrogens (tertiary/aromatic N) is 3. The van der Waals surface area contributed by atoms with Crippen molar-refractivity contribution in [2.75, 3.05) is 26.1 Å². The lowest BCUT2D eigenvalue weighted by Crippen LogP contribution is -2.20. The van der Waals surface area contributed by atoms with Crippen molar-refractivity contribution >= 4 is 33.6 Å². The third-order valence-corrected chi connectivity index (χ3v) is 6.61. The van der Waals surface area contributed by atoms with Crippen LogP contribution in [-0.4, -0.2) is 62.0 Å². The smallest absolute Gasteiger partial charge is 0.341 e. The van der Waals surface area contributed by atoms with E-state index in [1.165, 1.54) is 38.4 Å². The average molecular weight is 471 g/mol. The van der Waals surface area contributed by atoms with Crippen molar-refractivity contribution in [1.82, 2.24) is 14.3 Å². The van der Waals surface area contributed by atoms with E-state index in [0.29, 0.717) is 11.4 Å². The summed E-state index contributed by atoms with van der Waals surface area (Å²) < 4.78 is 45.6. The predicted octanol–water partition coefficient (Wildman–Crippen LogP) is 1.09. The molecule has 0 amide bonds. The number of methoxy groups -OCH3 is 3. The lowest BCUT2D eigenvalue weighted by molar-refractivity contribution is -0.144. The summed E-state index contributed by atoms with van der Waals surface area (Å²) in [6.07, 6.45) is 2.20. The van der Waals surface area contributed by atoms with Crippen molar-refractivity contribution in [2.45, 2.75) is 37.6 Å². The maximum absolute atomic E-state index is 13.1. The van der Waals surface area contributed by atoms with Crippen LogP contribution in [0, 0.1) is 13.8 Å². The van der Waals surface area contributed by atoms with Gasteiger partial charge >= 0.3 is 17.9 Å². The summed E-state index contributed by atoms with van der Waals surface area (Å²) in [7, 11) is 1.02. The molecule has 0 radical (unpaired) electrons. The van der Waals surface area contributed by atoms with Crippen molar-refractivity contribution in [3.63, 3.8) is 0 Å². The van der Waals surface area contributed by atoms with Crippen LogP contribution in [0.5, 0.6) is 0 Å². The number of hydrogen-bond acceptors (Lipinski definition) is 9. The largest absolute Gasteiger partial charge is 0.469 e. The predicted molar refractivity (Wildman–Crippen MR) is 112 cm³/mol. The van der Waals surface area contributed by atoms with Gasteiger partial charge in [-0.3, -0.25) is 19.0 Å². The SMILES string of the molecule is COC(=O)CC(CC(=O)OC)n1cc(NS(=O)(=O)c2c(C(=O)OC)c(C)n(C)c2C)cn1. The molecule has 2 aromatic heterocycles. The van der Waals surface area contributed by atoms with E-state index < -0.39 is 34.0 Å².